The molecule has 9 heteroatoms. The van der Waals surface area contributed by atoms with Crippen molar-refractivity contribution in [2.75, 3.05) is 5.32 Å². The summed E-state index contributed by atoms with van der Waals surface area (Å²) >= 11 is 2.87. The highest BCUT2D eigenvalue weighted by Crippen LogP contribution is 2.36. The molecule has 1 unspecified atom stereocenters. The Kier molecular flexibility index (Phi) is 6.44. The highest BCUT2D eigenvalue weighted by Gasteiger charge is 2.18. The number of hydrogen-bond acceptors (Lipinski definition) is 8. The highest BCUT2D eigenvalue weighted by molar-refractivity contribution is 7.99. The van der Waals surface area contributed by atoms with Gasteiger partial charge in [-0.25, -0.2) is 9.97 Å². The SMILES string of the molecule is CC(C(=O)O)c1csc(Nc2ncc(Sc3ccncc3)cc2Oc2ccccc2)n1. The Hall–Kier alpha value is -3.43. The Morgan fingerprint density at radius 2 is 1.94 bits per heavy atom. The molecule has 156 valence electrons. The molecule has 2 N–H and O–H groups in total. The molecule has 0 spiro atoms. The fraction of sp³-hybridized carbons (Fsp3) is 0.0909. The Labute approximate surface area is 187 Å². The zero-order valence-electron chi connectivity index (χ0n) is 16.4. The second-order valence-corrected chi connectivity index (χ2v) is 8.49. The number of carbonyl (C=O) groups is 1. The van der Waals surface area contributed by atoms with Crippen molar-refractivity contribution in [3.05, 3.63) is 78.2 Å². The summed E-state index contributed by atoms with van der Waals surface area (Å²) in [4.78, 5) is 26.1. The van der Waals surface area contributed by atoms with Gasteiger partial charge in [-0.2, -0.15) is 0 Å². The number of aromatic nitrogens is 3. The first-order valence-electron chi connectivity index (χ1n) is 9.34. The Bertz CT molecular complexity index is 1170. The maximum Gasteiger partial charge on any atom is 0.312 e. The van der Waals surface area contributed by atoms with E-state index in [1.807, 2.05) is 48.5 Å². The molecular weight excluding hydrogens is 432 g/mol. The third kappa shape index (κ3) is 5.39. The number of aliphatic carboxylic acids is 1. The topological polar surface area (TPSA) is 97.2 Å². The maximum atomic E-state index is 11.2. The molecule has 0 saturated heterocycles. The molecule has 3 heterocycles. The maximum absolute atomic E-state index is 11.2. The predicted octanol–water partition coefficient (Wildman–Crippen LogP) is 5.81. The number of benzene rings is 1. The van der Waals surface area contributed by atoms with Gasteiger partial charge in [-0.3, -0.25) is 9.78 Å². The molecule has 4 aromatic rings. The Morgan fingerprint density at radius 3 is 2.68 bits per heavy atom. The molecule has 0 saturated carbocycles. The molecule has 31 heavy (non-hydrogen) atoms. The molecule has 3 aromatic heterocycles. The second kappa shape index (κ2) is 9.59. The summed E-state index contributed by atoms with van der Waals surface area (Å²) in [7, 11) is 0. The number of carboxylic acids is 1. The molecular formula is C22H18N4O3S2. The number of nitrogens with one attached hydrogen (secondary N) is 1. The van der Waals surface area contributed by atoms with E-state index in [4.69, 9.17) is 4.74 Å². The van der Waals surface area contributed by atoms with E-state index >= 15 is 0 Å². The van der Waals surface area contributed by atoms with Gasteiger partial charge in [0, 0.05) is 39.8 Å². The summed E-state index contributed by atoms with van der Waals surface area (Å²) in [6, 6.07) is 15.2. The minimum atomic E-state index is -0.916. The molecule has 0 amide bonds. The van der Waals surface area contributed by atoms with Gasteiger partial charge in [0.1, 0.15) is 5.75 Å². The van der Waals surface area contributed by atoms with Crippen LogP contribution in [-0.4, -0.2) is 26.0 Å². The first-order chi connectivity index (χ1) is 15.1. The van der Waals surface area contributed by atoms with Crippen LogP contribution in [0.1, 0.15) is 18.5 Å². The number of para-hydroxylation sites is 1. The minimum Gasteiger partial charge on any atom is -0.481 e. The van der Waals surface area contributed by atoms with Crippen molar-refractivity contribution in [2.45, 2.75) is 22.6 Å². The quantitative estimate of drug-likeness (QED) is 0.347. The van der Waals surface area contributed by atoms with Crippen molar-refractivity contribution in [1.29, 1.82) is 0 Å². The molecule has 0 radical (unpaired) electrons. The standard InChI is InChI=1S/C22H18N4O3S2/c1-14(21(27)28)18-13-30-22(25-18)26-20-19(29-15-5-3-2-4-6-15)11-17(12-24-20)31-16-7-9-23-10-8-16/h2-14H,1H3,(H,27,28)(H,24,25,26). The zero-order chi connectivity index (χ0) is 21.6. The molecule has 0 fully saturated rings. The van der Waals surface area contributed by atoms with Crippen LogP contribution in [0.2, 0.25) is 0 Å². The van der Waals surface area contributed by atoms with Gasteiger partial charge in [-0.05, 0) is 31.2 Å². The van der Waals surface area contributed by atoms with Crippen molar-refractivity contribution in [1.82, 2.24) is 15.0 Å². The predicted molar refractivity (Wildman–Crippen MR) is 121 cm³/mol. The van der Waals surface area contributed by atoms with Gasteiger partial charge in [0.05, 0.1) is 11.6 Å². The van der Waals surface area contributed by atoms with Crippen LogP contribution < -0.4 is 10.1 Å². The third-order valence-corrected chi connectivity index (χ3v) is 5.99. The largest absolute Gasteiger partial charge is 0.481 e. The highest BCUT2D eigenvalue weighted by atomic mass is 32.2. The first kappa shape index (κ1) is 20.8. The van der Waals surface area contributed by atoms with Crippen molar-refractivity contribution < 1.29 is 14.6 Å². The molecule has 0 aliphatic rings. The van der Waals surface area contributed by atoms with E-state index in [2.05, 4.69) is 20.3 Å². The Morgan fingerprint density at radius 1 is 1.16 bits per heavy atom. The molecule has 0 bridgehead atoms. The lowest BCUT2D eigenvalue weighted by Crippen LogP contribution is -2.07. The zero-order valence-corrected chi connectivity index (χ0v) is 18.1. The monoisotopic (exact) mass is 450 g/mol. The van der Waals surface area contributed by atoms with E-state index in [1.54, 1.807) is 42.7 Å². The summed E-state index contributed by atoms with van der Waals surface area (Å²) in [5.41, 5.74) is 0.496. The van der Waals surface area contributed by atoms with Crippen molar-refractivity contribution in [2.24, 2.45) is 0 Å². The van der Waals surface area contributed by atoms with Gasteiger partial charge in [0.15, 0.2) is 16.7 Å². The molecule has 0 aliphatic heterocycles. The van der Waals surface area contributed by atoms with Gasteiger partial charge >= 0.3 is 5.97 Å². The van der Waals surface area contributed by atoms with Crippen molar-refractivity contribution in [3.63, 3.8) is 0 Å². The van der Waals surface area contributed by atoms with E-state index < -0.39 is 11.9 Å². The third-order valence-electron chi connectivity index (χ3n) is 4.25. The lowest BCUT2D eigenvalue weighted by Gasteiger charge is -2.12. The van der Waals surface area contributed by atoms with E-state index in [0.717, 1.165) is 9.79 Å². The number of rotatable bonds is 8. The normalized spacial score (nSPS) is 11.6. The number of hydrogen-bond donors (Lipinski definition) is 2. The smallest absolute Gasteiger partial charge is 0.312 e. The minimum absolute atomic E-state index is 0.492. The number of carboxylic acid groups (broad SMARTS) is 1. The van der Waals surface area contributed by atoms with Gasteiger partial charge in [-0.15, -0.1) is 11.3 Å². The number of nitrogens with zero attached hydrogens (tertiary/aromatic N) is 3. The number of ether oxygens (including phenoxy) is 1. The summed E-state index contributed by atoms with van der Waals surface area (Å²) < 4.78 is 6.08. The van der Waals surface area contributed by atoms with E-state index in [9.17, 15) is 9.90 Å². The fourth-order valence-electron chi connectivity index (χ4n) is 2.58. The van der Waals surface area contributed by atoms with Gasteiger partial charge in [0.2, 0.25) is 0 Å². The van der Waals surface area contributed by atoms with Gasteiger partial charge in [-0.1, -0.05) is 30.0 Å². The van der Waals surface area contributed by atoms with Crippen molar-refractivity contribution >= 4 is 40.0 Å². The van der Waals surface area contributed by atoms with Crippen LogP contribution in [0.3, 0.4) is 0 Å². The summed E-state index contributed by atoms with van der Waals surface area (Å²) in [6.45, 7) is 1.61. The summed E-state index contributed by atoms with van der Waals surface area (Å²) in [5.74, 6) is 0.109. The van der Waals surface area contributed by atoms with Gasteiger partial charge in [0.25, 0.3) is 0 Å². The lowest BCUT2D eigenvalue weighted by molar-refractivity contribution is -0.138. The summed E-state index contributed by atoms with van der Waals surface area (Å²) in [6.07, 6.45) is 5.23. The Balaban J connectivity index is 1.62. The first-order valence-corrected chi connectivity index (χ1v) is 11.0. The van der Waals surface area contributed by atoms with Crippen molar-refractivity contribution in [3.8, 4) is 11.5 Å². The molecule has 4 rings (SSSR count). The van der Waals surface area contributed by atoms with Crippen LogP contribution in [0.25, 0.3) is 0 Å². The van der Waals surface area contributed by atoms with E-state index in [1.165, 1.54) is 11.3 Å². The molecule has 7 nitrogen and oxygen atoms in total. The van der Waals surface area contributed by atoms with Crippen LogP contribution in [0.4, 0.5) is 10.9 Å². The lowest BCUT2D eigenvalue weighted by atomic mass is 10.1. The van der Waals surface area contributed by atoms with Crippen LogP contribution in [0, 0.1) is 0 Å². The summed E-state index contributed by atoms with van der Waals surface area (Å²) in [5, 5.41) is 14.6. The van der Waals surface area contributed by atoms with Crippen LogP contribution in [-0.2, 0) is 4.79 Å². The average Bonchev–Trinajstić information content (AvgIpc) is 3.25. The number of pyridine rings is 2. The molecule has 1 atom stereocenters. The number of thiazole rings is 1. The molecule has 1 aromatic carbocycles. The molecule has 0 aliphatic carbocycles. The van der Waals surface area contributed by atoms with E-state index in [-0.39, 0.29) is 0 Å². The van der Waals surface area contributed by atoms with Crippen LogP contribution >= 0.6 is 23.1 Å². The van der Waals surface area contributed by atoms with Crippen LogP contribution in [0.15, 0.2) is 82.3 Å². The number of anilines is 2. The van der Waals surface area contributed by atoms with Gasteiger partial charge < -0.3 is 15.2 Å². The van der Waals surface area contributed by atoms with E-state index in [0.29, 0.717) is 28.1 Å². The average molecular weight is 451 g/mol. The second-order valence-electron chi connectivity index (χ2n) is 6.48. The fourth-order valence-corrected chi connectivity index (χ4v) is 4.19. The van der Waals surface area contributed by atoms with Crippen LogP contribution in [0.5, 0.6) is 11.5 Å².